The van der Waals surface area contributed by atoms with Crippen molar-refractivity contribution in [2.45, 2.75) is 12.8 Å². The van der Waals surface area contributed by atoms with Crippen LogP contribution < -0.4 is 0 Å². The lowest BCUT2D eigenvalue weighted by Crippen LogP contribution is -2.01. The number of pyridine rings is 1. The molecule has 0 fully saturated rings. The Morgan fingerprint density at radius 1 is 1.67 bits per heavy atom. The van der Waals surface area contributed by atoms with Gasteiger partial charge < -0.3 is 5.11 Å². The van der Waals surface area contributed by atoms with Gasteiger partial charge in [-0.3, -0.25) is 0 Å². The Morgan fingerprint density at radius 3 is 2.83 bits per heavy atom. The van der Waals surface area contributed by atoms with Gasteiger partial charge in [0.15, 0.2) is 0 Å². The Labute approximate surface area is 84.7 Å². The molecule has 0 aromatic carbocycles. The number of hydrogen-bond donors (Lipinski definition) is 1. The SMILES string of the molecule is CC(CO)c1cc(Cl)cc(Br)n1. The summed E-state index contributed by atoms with van der Waals surface area (Å²) in [7, 11) is 0. The number of nitrogens with zero attached hydrogens (tertiary/aromatic N) is 1. The van der Waals surface area contributed by atoms with Crippen LogP contribution >= 0.6 is 27.5 Å². The smallest absolute Gasteiger partial charge is 0.107 e. The Balaban J connectivity index is 3.00. The summed E-state index contributed by atoms with van der Waals surface area (Å²) in [5.41, 5.74) is 0.803. The second-order valence-corrected chi connectivity index (χ2v) is 3.87. The molecule has 1 aromatic heterocycles. The third-order valence-corrected chi connectivity index (χ3v) is 2.18. The van der Waals surface area contributed by atoms with Gasteiger partial charge in [-0.1, -0.05) is 18.5 Å². The molecule has 1 rings (SSSR count). The fourth-order valence-corrected chi connectivity index (χ4v) is 1.63. The first-order chi connectivity index (χ1) is 5.63. The van der Waals surface area contributed by atoms with Crippen molar-refractivity contribution in [1.29, 1.82) is 0 Å². The summed E-state index contributed by atoms with van der Waals surface area (Å²) < 4.78 is 0.699. The summed E-state index contributed by atoms with van der Waals surface area (Å²) in [6.07, 6.45) is 0. The Morgan fingerprint density at radius 2 is 2.33 bits per heavy atom. The molecule has 1 N–H and O–H groups in total. The summed E-state index contributed by atoms with van der Waals surface area (Å²) in [4.78, 5) is 4.18. The molecule has 1 heterocycles. The lowest BCUT2D eigenvalue weighted by atomic mass is 10.1. The highest BCUT2D eigenvalue weighted by Gasteiger charge is 2.06. The van der Waals surface area contributed by atoms with Crippen molar-refractivity contribution in [3.8, 4) is 0 Å². The molecule has 1 atom stereocenters. The van der Waals surface area contributed by atoms with Crippen LogP contribution in [0, 0.1) is 0 Å². The minimum absolute atomic E-state index is 0.0278. The predicted octanol–water partition coefficient (Wildman–Crippen LogP) is 2.59. The maximum Gasteiger partial charge on any atom is 0.107 e. The van der Waals surface area contributed by atoms with Crippen molar-refractivity contribution >= 4 is 27.5 Å². The largest absolute Gasteiger partial charge is 0.396 e. The number of hydrogen-bond acceptors (Lipinski definition) is 2. The highest BCUT2D eigenvalue weighted by Crippen LogP contribution is 2.20. The highest BCUT2D eigenvalue weighted by atomic mass is 79.9. The molecule has 0 aliphatic heterocycles. The lowest BCUT2D eigenvalue weighted by molar-refractivity contribution is 0.271. The molecule has 0 saturated heterocycles. The van der Waals surface area contributed by atoms with Crippen molar-refractivity contribution in [1.82, 2.24) is 4.98 Å². The average Bonchev–Trinajstić information content (AvgIpc) is 2.01. The van der Waals surface area contributed by atoms with E-state index in [9.17, 15) is 0 Å². The summed E-state index contributed by atoms with van der Waals surface area (Å²) in [6, 6.07) is 3.47. The fraction of sp³-hybridized carbons (Fsp3) is 0.375. The molecule has 2 nitrogen and oxygen atoms in total. The average molecular weight is 251 g/mol. The van der Waals surface area contributed by atoms with Gasteiger partial charge in [0, 0.05) is 16.6 Å². The maximum atomic E-state index is 8.87. The van der Waals surface area contributed by atoms with Gasteiger partial charge in [-0.25, -0.2) is 4.98 Å². The van der Waals surface area contributed by atoms with E-state index in [4.69, 9.17) is 16.7 Å². The van der Waals surface area contributed by atoms with E-state index < -0.39 is 0 Å². The van der Waals surface area contributed by atoms with Gasteiger partial charge in [-0.2, -0.15) is 0 Å². The van der Waals surface area contributed by atoms with E-state index in [1.54, 1.807) is 12.1 Å². The number of aliphatic hydroxyl groups is 1. The Bertz CT molecular complexity index is 260. The van der Waals surface area contributed by atoms with Gasteiger partial charge in [0.05, 0.1) is 6.61 Å². The van der Waals surface area contributed by atoms with Crippen molar-refractivity contribution in [2.75, 3.05) is 6.61 Å². The van der Waals surface area contributed by atoms with Crippen LogP contribution in [0.25, 0.3) is 0 Å². The maximum absolute atomic E-state index is 8.87. The summed E-state index contributed by atoms with van der Waals surface area (Å²) in [6.45, 7) is 1.98. The van der Waals surface area contributed by atoms with E-state index in [-0.39, 0.29) is 12.5 Å². The molecule has 1 unspecified atom stereocenters. The molecule has 1 aromatic rings. The minimum Gasteiger partial charge on any atom is -0.396 e. The van der Waals surface area contributed by atoms with Crippen molar-refractivity contribution in [3.63, 3.8) is 0 Å². The van der Waals surface area contributed by atoms with Crippen LogP contribution in [0.5, 0.6) is 0 Å². The topological polar surface area (TPSA) is 33.1 Å². The van der Waals surface area contributed by atoms with Gasteiger partial charge in [0.25, 0.3) is 0 Å². The molecule has 0 spiro atoms. The predicted molar refractivity (Wildman–Crippen MR) is 52.4 cm³/mol. The zero-order chi connectivity index (χ0) is 9.14. The summed E-state index contributed by atoms with van der Waals surface area (Å²) in [5, 5.41) is 9.50. The Hall–Kier alpha value is -0.120. The number of aromatic nitrogens is 1. The van der Waals surface area contributed by atoms with E-state index in [2.05, 4.69) is 20.9 Å². The van der Waals surface area contributed by atoms with Gasteiger partial charge in [0.1, 0.15) is 4.60 Å². The van der Waals surface area contributed by atoms with E-state index in [1.165, 1.54) is 0 Å². The van der Waals surface area contributed by atoms with Crippen LogP contribution in [-0.2, 0) is 0 Å². The van der Waals surface area contributed by atoms with Crippen LogP contribution in [0.2, 0.25) is 5.02 Å². The lowest BCUT2D eigenvalue weighted by Gasteiger charge is -2.07. The van der Waals surface area contributed by atoms with E-state index in [0.29, 0.717) is 9.63 Å². The Kier molecular flexibility index (Phi) is 3.50. The molecule has 0 radical (unpaired) electrons. The second kappa shape index (κ2) is 4.21. The fourth-order valence-electron chi connectivity index (χ4n) is 0.831. The zero-order valence-electron chi connectivity index (χ0n) is 6.59. The third-order valence-electron chi connectivity index (χ3n) is 1.56. The van der Waals surface area contributed by atoms with Gasteiger partial charge in [-0.05, 0) is 28.1 Å². The summed E-state index contributed by atoms with van der Waals surface area (Å²) >= 11 is 9.03. The number of halogens is 2. The number of rotatable bonds is 2. The molecule has 0 aliphatic rings. The molecule has 66 valence electrons. The molecule has 0 aliphatic carbocycles. The molecule has 0 amide bonds. The first-order valence-corrected chi connectivity index (χ1v) is 4.74. The van der Waals surface area contributed by atoms with Crippen LogP contribution in [0.3, 0.4) is 0 Å². The van der Waals surface area contributed by atoms with Crippen LogP contribution in [-0.4, -0.2) is 16.7 Å². The van der Waals surface area contributed by atoms with Crippen LogP contribution in [0.1, 0.15) is 18.5 Å². The van der Waals surface area contributed by atoms with Crippen molar-refractivity contribution in [2.24, 2.45) is 0 Å². The van der Waals surface area contributed by atoms with Crippen LogP contribution in [0.4, 0.5) is 0 Å². The van der Waals surface area contributed by atoms with Crippen molar-refractivity contribution < 1.29 is 5.11 Å². The van der Waals surface area contributed by atoms with Crippen LogP contribution in [0.15, 0.2) is 16.7 Å². The van der Waals surface area contributed by atoms with E-state index in [1.807, 2.05) is 6.92 Å². The van der Waals surface area contributed by atoms with Gasteiger partial charge in [-0.15, -0.1) is 0 Å². The molecule has 12 heavy (non-hydrogen) atoms. The first-order valence-electron chi connectivity index (χ1n) is 3.57. The second-order valence-electron chi connectivity index (χ2n) is 2.62. The molecular weight excluding hydrogens is 241 g/mol. The third kappa shape index (κ3) is 2.44. The quantitative estimate of drug-likeness (QED) is 0.819. The molecule has 0 bridgehead atoms. The molecular formula is C8H9BrClNO. The molecule has 4 heteroatoms. The van der Waals surface area contributed by atoms with Gasteiger partial charge in [0.2, 0.25) is 0 Å². The van der Waals surface area contributed by atoms with E-state index >= 15 is 0 Å². The summed E-state index contributed by atoms with van der Waals surface area (Å²) in [5.74, 6) is 0.0278. The standard InChI is InChI=1S/C8H9BrClNO/c1-5(4-12)7-2-6(10)3-8(9)11-7/h2-3,5,12H,4H2,1H3. The number of aliphatic hydroxyl groups excluding tert-OH is 1. The highest BCUT2D eigenvalue weighted by molar-refractivity contribution is 9.10. The van der Waals surface area contributed by atoms with E-state index in [0.717, 1.165) is 5.69 Å². The monoisotopic (exact) mass is 249 g/mol. The normalized spacial score (nSPS) is 13.0. The minimum atomic E-state index is 0.0278. The van der Waals surface area contributed by atoms with Crippen molar-refractivity contribution in [3.05, 3.63) is 27.5 Å². The zero-order valence-corrected chi connectivity index (χ0v) is 8.93. The van der Waals surface area contributed by atoms with Gasteiger partial charge >= 0.3 is 0 Å². The molecule has 0 saturated carbocycles. The first kappa shape index (κ1) is 9.96.